The first kappa shape index (κ1) is 33.0. The molecule has 3 N–H and O–H groups in total. The lowest BCUT2D eigenvalue weighted by atomic mass is 9.92. The normalized spacial score (nSPS) is 14.1. The van der Waals surface area contributed by atoms with E-state index in [0.717, 1.165) is 55.1 Å². The van der Waals surface area contributed by atoms with E-state index in [1.54, 1.807) is 41.1 Å². The smallest absolute Gasteiger partial charge is 0.324 e. The third-order valence-electron chi connectivity index (χ3n) is 8.04. The number of carbonyl (C=O) groups excluding carboxylic acids is 1. The van der Waals surface area contributed by atoms with Crippen LogP contribution in [0.2, 0.25) is 0 Å². The molecule has 1 fully saturated rings. The molecule has 0 radical (unpaired) electrons. The van der Waals surface area contributed by atoms with Crippen LogP contribution in [0, 0.1) is 0 Å². The van der Waals surface area contributed by atoms with Crippen molar-refractivity contribution < 1.29 is 22.7 Å². The lowest BCUT2D eigenvalue weighted by molar-refractivity contribution is 0.0323. The van der Waals surface area contributed by atoms with E-state index in [4.69, 9.17) is 14.6 Å². The second-order valence-electron chi connectivity index (χ2n) is 12.6. The average Bonchev–Trinajstić information content (AvgIpc) is 3.51. The van der Waals surface area contributed by atoms with Crippen molar-refractivity contribution in [2.45, 2.75) is 31.1 Å². The second-order valence-corrected chi connectivity index (χ2v) is 14.3. The van der Waals surface area contributed by atoms with Crippen molar-refractivity contribution in [3.05, 3.63) is 103 Å². The number of hydrogen-bond acceptors (Lipinski definition) is 7. The molecule has 1 aliphatic rings. The minimum atomic E-state index is -3.80. The van der Waals surface area contributed by atoms with Crippen LogP contribution in [0.5, 0.6) is 5.75 Å². The SMILES string of the molecule is CC(C)(C)c1cc(NC(=O)Nc2ccc(OCCN3CCOCC3)c3ccccc23)n(-c2ccc(S(=O)(=O)Nc3ccccc3)cc2)n1. The molecule has 48 heavy (non-hydrogen) atoms. The molecule has 0 atom stereocenters. The molecule has 6 rings (SSSR count). The fourth-order valence-electron chi connectivity index (χ4n) is 5.41. The number of ether oxygens (including phenoxy) is 2. The lowest BCUT2D eigenvalue weighted by Gasteiger charge is -2.26. The monoisotopic (exact) mass is 668 g/mol. The Kier molecular flexibility index (Phi) is 9.67. The average molecular weight is 669 g/mol. The fraction of sp³-hybridized carbons (Fsp3) is 0.278. The van der Waals surface area contributed by atoms with Gasteiger partial charge in [-0.05, 0) is 48.5 Å². The van der Waals surface area contributed by atoms with Crippen molar-refractivity contribution >= 4 is 44.0 Å². The van der Waals surface area contributed by atoms with Crippen LogP contribution >= 0.6 is 0 Å². The van der Waals surface area contributed by atoms with Gasteiger partial charge in [0.1, 0.15) is 18.2 Å². The number of benzene rings is 4. The van der Waals surface area contributed by atoms with Crippen molar-refractivity contribution in [1.29, 1.82) is 0 Å². The minimum Gasteiger partial charge on any atom is -0.492 e. The first-order valence-corrected chi connectivity index (χ1v) is 17.4. The zero-order chi connectivity index (χ0) is 33.7. The third-order valence-corrected chi connectivity index (χ3v) is 9.44. The Morgan fingerprint density at radius 1 is 0.875 bits per heavy atom. The lowest BCUT2D eigenvalue weighted by Crippen LogP contribution is -2.38. The number of anilines is 3. The summed E-state index contributed by atoms with van der Waals surface area (Å²) >= 11 is 0. The molecular formula is C36H40N6O5S. The van der Waals surface area contributed by atoms with E-state index < -0.39 is 16.1 Å². The number of carbonyl (C=O) groups is 1. The van der Waals surface area contributed by atoms with Gasteiger partial charge in [0.15, 0.2) is 0 Å². The predicted octanol–water partition coefficient (Wildman–Crippen LogP) is 6.48. The summed E-state index contributed by atoms with van der Waals surface area (Å²) in [5, 5.41) is 12.5. The highest BCUT2D eigenvalue weighted by molar-refractivity contribution is 7.92. The van der Waals surface area contributed by atoms with E-state index >= 15 is 0 Å². The van der Waals surface area contributed by atoms with Crippen molar-refractivity contribution in [3.63, 3.8) is 0 Å². The highest BCUT2D eigenvalue weighted by atomic mass is 32.2. The standard InChI is InChI=1S/C36H40N6O5S/c1-36(2,3)33-25-34(42(39-33)27-13-15-28(16-14-27)48(44,45)40-26-9-5-4-6-10-26)38-35(43)37-31-17-18-32(30-12-8-7-11-29(30)31)47-24-21-41-19-22-46-23-20-41/h4-18,25,40H,19-24H2,1-3H3,(H2,37,38,43). The van der Waals surface area contributed by atoms with Crippen molar-refractivity contribution in [1.82, 2.24) is 14.7 Å². The number of fused-ring (bicyclic) bond motifs is 1. The Morgan fingerprint density at radius 2 is 1.56 bits per heavy atom. The Morgan fingerprint density at radius 3 is 2.27 bits per heavy atom. The predicted molar refractivity (Wildman–Crippen MR) is 189 cm³/mol. The number of rotatable bonds is 10. The van der Waals surface area contributed by atoms with Crippen LogP contribution in [0.1, 0.15) is 26.5 Å². The number of aromatic nitrogens is 2. The Labute approximate surface area is 280 Å². The quantitative estimate of drug-likeness (QED) is 0.156. The molecule has 2 amide bonds. The van der Waals surface area contributed by atoms with Gasteiger partial charge in [-0.2, -0.15) is 5.10 Å². The van der Waals surface area contributed by atoms with Gasteiger partial charge in [-0.1, -0.05) is 63.2 Å². The van der Waals surface area contributed by atoms with E-state index in [2.05, 4.69) is 20.3 Å². The fourth-order valence-corrected chi connectivity index (χ4v) is 6.46. The summed E-state index contributed by atoms with van der Waals surface area (Å²) in [5.41, 5.74) is 2.13. The van der Waals surface area contributed by atoms with Gasteiger partial charge in [-0.25, -0.2) is 17.9 Å². The first-order chi connectivity index (χ1) is 23.1. The van der Waals surface area contributed by atoms with Gasteiger partial charge in [0.25, 0.3) is 10.0 Å². The molecule has 0 aliphatic carbocycles. The van der Waals surface area contributed by atoms with E-state index in [-0.39, 0.29) is 10.3 Å². The number of sulfonamides is 1. The highest BCUT2D eigenvalue weighted by Crippen LogP contribution is 2.32. The summed E-state index contributed by atoms with van der Waals surface area (Å²) in [4.78, 5) is 15.9. The molecule has 1 saturated heterocycles. The van der Waals surface area contributed by atoms with Gasteiger partial charge < -0.3 is 14.8 Å². The summed E-state index contributed by atoms with van der Waals surface area (Å²) in [6, 6.07) is 27.9. The van der Waals surface area contributed by atoms with Gasteiger partial charge in [-0.15, -0.1) is 0 Å². The zero-order valence-electron chi connectivity index (χ0n) is 27.3. The summed E-state index contributed by atoms with van der Waals surface area (Å²) in [5.74, 6) is 1.19. The minimum absolute atomic E-state index is 0.103. The van der Waals surface area contributed by atoms with Crippen LogP contribution in [0.4, 0.5) is 22.0 Å². The van der Waals surface area contributed by atoms with Crippen LogP contribution in [0.25, 0.3) is 16.5 Å². The molecule has 250 valence electrons. The molecule has 1 aliphatic heterocycles. The molecular weight excluding hydrogens is 628 g/mol. The van der Waals surface area contributed by atoms with Gasteiger partial charge in [-0.3, -0.25) is 14.9 Å². The van der Waals surface area contributed by atoms with E-state index in [1.165, 1.54) is 12.1 Å². The third kappa shape index (κ3) is 7.79. The zero-order valence-corrected chi connectivity index (χ0v) is 28.1. The number of amides is 2. The van der Waals surface area contributed by atoms with Crippen molar-refractivity contribution in [2.24, 2.45) is 0 Å². The summed E-state index contributed by atoms with van der Waals surface area (Å²) in [6.07, 6.45) is 0. The molecule has 0 saturated carbocycles. The van der Waals surface area contributed by atoms with Gasteiger partial charge in [0.2, 0.25) is 0 Å². The summed E-state index contributed by atoms with van der Waals surface area (Å²) in [6.45, 7) is 10.7. The van der Waals surface area contributed by atoms with E-state index in [1.807, 2.05) is 69.3 Å². The summed E-state index contributed by atoms with van der Waals surface area (Å²) < 4.78 is 41.8. The Bertz CT molecular complexity index is 1980. The van der Waals surface area contributed by atoms with Gasteiger partial charge in [0.05, 0.1) is 35.2 Å². The number of morpholine rings is 1. The van der Waals surface area contributed by atoms with Crippen LogP contribution in [0.3, 0.4) is 0 Å². The van der Waals surface area contributed by atoms with Crippen molar-refractivity contribution in [2.75, 3.05) is 54.8 Å². The molecule has 4 aromatic carbocycles. The maximum absolute atomic E-state index is 13.5. The maximum atomic E-state index is 13.5. The molecule has 0 bridgehead atoms. The van der Waals surface area contributed by atoms with Crippen LogP contribution < -0.4 is 20.1 Å². The molecule has 11 nitrogen and oxygen atoms in total. The molecule has 2 heterocycles. The molecule has 0 unspecified atom stereocenters. The first-order valence-electron chi connectivity index (χ1n) is 15.9. The number of urea groups is 1. The highest BCUT2D eigenvalue weighted by Gasteiger charge is 2.23. The van der Waals surface area contributed by atoms with E-state index in [9.17, 15) is 13.2 Å². The second kappa shape index (κ2) is 14.1. The molecule has 0 spiro atoms. The largest absolute Gasteiger partial charge is 0.492 e. The maximum Gasteiger partial charge on any atom is 0.324 e. The topological polar surface area (TPSA) is 127 Å². The number of nitrogens with one attached hydrogen (secondary N) is 3. The number of hydrogen-bond donors (Lipinski definition) is 3. The number of nitrogens with zero attached hydrogens (tertiary/aromatic N) is 3. The van der Waals surface area contributed by atoms with Crippen LogP contribution in [0.15, 0.2) is 102 Å². The van der Waals surface area contributed by atoms with Gasteiger partial charge in [0, 0.05) is 47.6 Å². The van der Waals surface area contributed by atoms with Crippen molar-refractivity contribution in [3.8, 4) is 11.4 Å². The Balaban J connectivity index is 1.19. The molecule has 1 aromatic heterocycles. The molecule has 12 heteroatoms. The molecule has 5 aromatic rings. The summed E-state index contributed by atoms with van der Waals surface area (Å²) in [7, 11) is -3.80. The van der Waals surface area contributed by atoms with E-state index in [0.29, 0.717) is 29.5 Å². The van der Waals surface area contributed by atoms with Crippen LogP contribution in [-0.4, -0.2) is 68.6 Å². The number of para-hydroxylation sites is 1. The van der Waals surface area contributed by atoms with Crippen LogP contribution in [-0.2, 0) is 20.2 Å². The van der Waals surface area contributed by atoms with Gasteiger partial charge >= 0.3 is 6.03 Å². The Hall–Kier alpha value is -4.91.